The fourth-order valence-corrected chi connectivity index (χ4v) is 4.67. The second-order valence-corrected chi connectivity index (χ2v) is 8.23. The number of nitriles is 1. The standard InChI is InChI=1S/C24H37N/c1-2-8-21-10-14-23(15-11-21)18-19-24-16-12-22(13-17-24)9-6-4-3-5-7-20-25/h3-5,7,18-19,21-24H,2,6,8-17H2,1H3/b4-3?,7-5?,19-18+. The fraction of sp³-hybridized carbons (Fsp3) is 0.708. The lowest BCUT2D eigenvalue weighted by Gasteiger charge is -2.28. The molecule has 0 aromatic heterocycles. The van der Waals surface area contributed by atoms with Crippen molar-refractivity contribution < 1.29 is 0 Å². The summed E-state index contributed by atoms with van der Waals surface area (Å²) in [5.41, 5.74) is 0. The Morgan fingerprint density at radius 3 is 1.88 bits per heavy atom. The third kappa shape index (κ3) is 8.08. The van der Waals surface area contributed by atoms with Crippen LogP contribution in [0.25, 0.3) is 0 Å². The molecular weight excluding hydrogens is 302 g/mol. The maximum atomic E-state index is 8.44. The van der Waals surface area contributed by atoms with Gasteiger partial charge in [-0.1, -0.05) is 50.1 Å². The molecule has 0 heterocycles. The van der Waals surface area contributed by atoms with Gasteiger partial charge in [0.25, 0.3) is 0 Å². The second kappa shape index (κ2) is 12.1. The molecular formula is C24H37N. The van der Waals surface area contributed by atoms with Crippen LogP contribution in [0, 0.1) is 35.0 Å². The first-order valence-corrected chi connectivity index (χ1v) is 10.7. The molecule has 0 unspecified atom stereocenters. The van der Waals surface area contributed by atoms with Gasteiger partial charge in [0.1, 0.15) is 0 Å². The van der Waals surface area contributed by atoms with Gasteiger partial charge in [-0.05, 0) is 87.9 Å². The maximum Gasteiger partial charge on any atom is 0.0912 e. The number of rotatable bonds is 8. The molecule has 2 saturated carbocycles. The number of allylic oxidation sites excluding steroid dienone is 6. The van der Waals surface area contributed by atoms with E-state index in [1.165, 1.54) is 76.7 Å². The van der Waals surface area contributed by atoms with E-state index in [4.69, 9.17) is 5.26 Å². The molecule has 0 spiro atoms. The van der Waals surface area contributed by atoms with Crippen LogP contribution in [0.4, 0.5) is 0 Å². The fourth-order valence-electron chi connectivity index (χ4n) is 4.67. The van der Waals surface area contributed by atoms with Crippen LogP contribution >= 0.6 is 0 Å². The molecule has 1 heteroatoms. The molecule has 2 aliphatic carbocycles. The Kier molecular flexibility index (Phi) is 9.71. The molecule has 138 valence electrons. The molecule has 0 aliphatic heterocycles. The average Bonchev–Trinajstić information content (AvgIpc) is 2.65. The van der Waals surface area contributed by atoms with E-state index in [-0.39, 0.29) is 0 Å². The van der Waals surface area contributed by atoms with Crippen LogP contribution in [-0.2, 0) is 0 Å². The monoisotopic (exact) mass is 339 g/mol. The van der Waals surface area contributed by atoms with Gasteiger partial charge >= 0.3 is 0 Å². The third-order valence-electron chi connectivity index (χ3n) is 6.29. The van der Waals surface area contributed by atoms with Crippen molar-refractivity contribution in [3.63, 3.8) is 0 Å². The largest absolute Gasteiger partial charge is 0.193 e. The first kappa shape index (κ1) is 20.0. The smallest absolute Gasteiger partial charge is 0.0912 e. The normalized spacial score (nSPS) is 31.0. The van der Waals surface area contributed by atoms with Crippen molar-refractivity contribution in [3.05, 3.63) is 36.5 Å². The lowest BCUT2D eigenvalue weighted by molar-refractivity contribution is 0.286. The Bertz CT molecular complexity index is 463. The van der Waals surface area contributed by atoms with Crippen LogP contribution in [-0.4, -0.2) is 0 Å². The highest BCUT2D eigenvalue weighted by molar-refractivity contribution is 5.11. The van der Waals surface area contributed by atoms with Crippen LogP contribution in [0.5, 0.6) is 0 Å². The first-order chi connectivity index (χ1) is 12.3. The van der Waals surface area contributed by atoms with Crippen LogP contribution in [0.1, 0.15) is 84.0 Å². The SMILES string of the molecule is CCCC1CCC(/C=C/C2CCC(CCC=CC=CC#N)CC2)CC1. The van der Waals surface area contributed by atoms with E-state index < -0.39 is 0 Å². The van der Waals surface area contributed by atoms with Gasteiger partial charge in [0.15, 0.2) is 0 Å². The Labute approximate surface area is 155 Å². The zero-order valence-corrected chi connectivity index (χ0v) is 16.2. The van der Waals surface area contributed by atoms with Crippen molar-refractivity contribution >= 4 is 0 Å². The molecule has 0 aromatic rings. The Morgan fingerprint density at radius 1 is 0.800 bits per heavy atom. The van der Waals surface area contributed by atoms with Gasteiger partial charge in [-0.15, -0.1) is 0 Å². The van der Waals surface area contributed by atoms with Crippen molar-refractivity contribution in [1.82, 2.24) is 0 Å². The summed E-state index contributed by atoms with van der Waals surface area (Å²) < 4.78 is 0. The van der Waals surface area contributed by atoms with E-state index in [0.29, 0.717) is 0 Å². The quantitative estimate of drug-likeness (QED) is 0.257. The summed E-state index contributed by atoms with van der Waals surface area (Å²) in [5.74, 6) is 3.66. The molecule has 0 bridgehead atoms. The number of nitrogens with zero attached hydrogens (tertiary/aromatic N) is 1. The van der Waals surface area contributed by atoms with Crippen molar-refractivity contribution in [2.45, 2.75) is 84.0 Å². The van der Waals surface area contributed by atoms with Crippen molar-refractivity contribution in [1.29, 1.82) is 5.26 Å². The van der Waals surface area contributed by atoms with Gasteiger partial charge in [0, 0.05) is 6.08 Å². The molecule has 2 rings (SSSR count). The van der Waals surface area contributed by atoms with Gasteiger partial charge in [-0.3, -0.25) is 0 Å². The van der Waals surface area contributed by atoms with Crippen LogP contribution in [0.2, 0.25) is 0 Å². The summed E-state index contributed by atoms with van der Waals surface area (Å²) in [4.78, 5) is 0. The summed E-state index contributed by atoms with van der Waals surface area (Å²) in [6, 6.07) is 2.02. The minimum Gasteiger partial charge on any atom is -0.193 e. The second-order valence-electron chi connectivity index (χ2n) is 8.23. The molecule has 25 heavy (non-hydrogen) atoms. The molecule has 0 atom stereocenters. The van der Waals surface area contributed by atoms with E-state index >= 15 is 0 Å². The lowest BCUT2D eigenvalue weighted by atomic mass is 9.77. The summed E-state index contributed by atoms with van der Waals surface area (Å²) in [7, 11) is 0. The van der Waals surface area contributed by atoms with Gasteiger partial charge in [0.05, 0.1) is 6.07 Å². The third-order valence-corrected chi connectivity index (χ3v) is 6.29. The molecule has 0 saturated heterocycles. The molecule has 2 aliphatic rings. The molecule has 0 amide bonds. The number of hydrogen-bond acceptors (Lipinski definition) is 1. The van der Waals surface area contributed by atoms with Crippen molar-refractivity contribution in [2.75, 3.05) is 0 Å². The van der Waals surface area contributed by atoms with E-state index in [9.17, 15) is 0 Å². The zero-order valence-electron chi connectivity index (χ0n) is 16.2. The minimum absolute atomic E-state index is 0.846. The summed E-state index contributed by atoms with van der Waals surface area (Å²) in [6.07, 6.45) is 29.4. The van der Waals surface area contributed by atoms with E-state index in [2.05, 4.69) is 25.2 Å². The summed E-state index contributed by atoms with van der Waals surface area (Å²) in [6.45, 7) is 2.32. The number of hydrogen-bond donors (Lipinski definition) is 0. The van der Waals surface area contributed by atoms with Crippen LogP contribution in [0.15, 0.2) is 36.5 Å². The maximum absolute atomic E-state index is 8.44. The first-order valence-electron chi connectivity index (χ1n) is 10.7. The topological polar surface area (TPSA) is 23.8 Å². The predicted molar refractivity (Wildman–Crippen MR) is 108 cm³/mol. The lowest BCUT2D eigenvalue weighted by Crippen LogP contribution is -2.15. The molecule has 0 radical (unpaired) electrons. The Balaban J connectivity index is 1.58. The predicted octanol–water partition coefficient (Wildman–Crippen LogP) is 7.37. The highest BCUT2D eigenvalue weighted by atomic mass is 14.3. The minimum atomic E-state index is 0.846. The highest BCUT2D eigenvalue weighted by Crippen LogP contribution is 2.35. The van der Waals surface area contributed by atoms with E-state index in [0.717, 1.165) is 30.1 Å². The van der Waals surface area contributed by atoms with E-state index in [1.54, 1.807) is 0 Å². The van der Waals surface area contributed by atoms with E-state index in [1.807, 2.05) is 18.2 Å². The Hall–Kier alpha value is -1.29. The van der Waals surface area contributed by atoms with Crippen molar-refractivity contribution in [2.24, 2.45) is 23.7 Å². The molecule has 0 N–H and O–H groups in total. The van der Waals surface area contributed by atoms with Crippen molar-refractivity contribution in [3.8, 4) is 6.07 Å². The van der Waals surface area contributed by atoms with Gasteiger partial charge in [-0.2, -0.15) is 5.26 Å². The summed E-state index contributed by atoms with van der Waals surface area (Å²) >= 11 is 0. The Morgan fingerprint density at radius 2 is 1.36 bits per heavy atom. The van der Waals surface area contributed by atoms with Gasteiger partial charge in [-0.25, -0.2) is 0 Å². The van der Waals surface area contributed by atoms with Crippen LogP contribution in [0.3, 0.4) is 0 Å². The summed E-state index contributed by atoms with van der Waals surface area (Å²) in [5, 5.41) is 8.44. The molecule has 0 aromatic carbocycles. The van der Waals surface area contributed by atoms with Crippen LogP contribution < -0.4 is 0 Å². The highest BCUT2D eigenvalue weighted by Gasteiger charge is 2.21. The van der Waals surface area contributed by atoms with Gasteiger partial charge in [0.2, 0.25) is 0 Å². The zero-order chi connectivity index (χ0) is 17.7. The molecule has 1 nitrogen and oxygen atoms in total. The van der Waals surface area contributed by atoms with Gasteiger partial charge < -0.3 is 0 Å². The molecule has 2 fully saturated rings. The average molecular weight is 340 g/mol.